The molecule has 0 aromatic heterocycles. The van der Waals surface area contributed by atoms with Crippen molar-refractivity contribution in [3.05, 3.63) is 35.9 Å². The van der Waals surface area contributed by atoms with Crippen LogP contribution in [-0.4, -0.2) is 52.7 Å². The maximum absolute atomic E-state index is 12.2. The van der Waals surface area contributed by atoms with E-state index in [1.54, 1.807) is 0 Å². The van der Waals surface area contributed by atoms with Crippen molar-refractivity contribution in [1.29, 1.82) is 0 Å². The minimum absolute atomic E-state index is 0.00981. The Morgan fingerprint density at radius 3 is 2.38 bits per heavy atom. The Morgan fingerprint density at radius 1 is 1.21 bits per heavy atom. The number of benzene rings is 1. The first-order valence-electron chi connectivity index (χ1n) is 8.37. The molecule has 0 spiro atoms. The van der Waals surface area contributed by atoms with Crippen molar-refractivity contribution in [2.45, 2.75) is 49.9 Å². The average molecular weight is 355 g/mol. The minimum Gasteiger partial charge on any atom is -0.395 e. The summed E-state index contributed by atoms with van der Waals surface area (Å²) < 4.78 is -0.419. The Balaban J connectivity index is 2.43. The summed E-state index contributed by atoms with van der Waals surface area (Å²) in [6, 6.07) is 9.51. The molecule has 1 aromatic rings. The zero-order chi connectivity index (χ0) is 18.0. The van der Waals surface area contributed by atoms with Crippen LogP contribution < -0.4 is 10.6 Å². The van der Waals surface area contributed by atoms with Crippen molar-refractivity contribution in [2.75, 3.05) is 19.8 Å². The molecule has 1 amide bonds. The molecule has 0 fully saturated rings. The van der Waals surface area contributed by atoms with Crippen LogP contribution in [0.4, 0.5) is 0 Å². The summed E-state index contributed by atoms with van der Waals surface area (Å²) >= 11 is 4.55. The van der Waals surface area contributed by atoms with Gasteiger partial charge in [-0.1, -0.05) is 30.3 Å². The van der Waals surface area contributed by atoms with E-state index in [0.29, 0.717) is 13.0 Å². The van der Waals surface area contributed by atoms with Gasteiger partial charge < -0.3 is 20.8 Å². The van der Waals surface area contributed by atoms with Gasteiger partial charge in [0.05, 0.1) is 25.3 Å². The molecule has 0 heterocycles. The fourth-order valence-corrected chi connectivity index (χ4v) is 2.47. The molecule has 0 aliphatic heterocycles. The van der Waals surface area contributed by atoms with Gasteiger partial charge in [0.25, 0.3) is 0 Å². The maximum Gasteiger partial charge on any atom is 0.220 e. The lowest BCUT2D eigenvalue weighted by atomic mass is 10.0. The van der Waals surface area contributed by atoms with Crippen LogP contribution in [0.2, 0.25) is 0 Å². The summed E-state index contributed by atoms with van der Waals surface area (Å²) in [5.41, 5.74) is 1.23. The van der Waals surface area contributed by atoms with E-state index in [2.05, 4.69) is 35.4 Å². The molecule has 0 radical (unpaired) electrons. The third kappa shape index (κ3) is 8.15. The van der Waals surface area contributed by atoms with Gasteiger partial charge in [0.2, 0.25) is 5.91 Å². The molecule has 0 saturated carbocycles. The molecule has 4 N–H and O–H groups in total. The Kier molecular flexibility index (Phi) is 9.36. The summed E-state index contributed by atoms with van der Waals surface area (Å²) in [4.78, 5) is 12.2. The Hall–Kier alpha value is -1.08. The number of rotatable bonds is 11. The van der Waals surface area contributed by atoms with Crippen LogP contribution >= 0.6 is 12.6 Å². The highest BCUT2D eigenvalue weighted by atomic mass is 32.1. The van der Waals surface area contributed by atoms with Crippen LogP contribution in [0.3, 0.4) is 0 Å². The van der Waals surface area contributed by atoms with Gasteiger partial charge >= 0.3 is 0 Å². The molecular formula is C18H30N2O3S. The van der Waals surface area contributed by atoms with Crippen molar-refractivity contribution in [2.24, 2.45) is 0 Å². The molecule has 1 rings (SSSR count). The molecular weight excluding hydrogens is 324 g/mol. The Morgan fingerprint density at radius 2 is 1.83 bits per heavy atom. The number of aliphatic hydroxyl groups is 2. The van der Waals surface area contributed by atoms with E-state index in [1.807, 2.05) is 32.0 Å². The number of hydrogen-bond donors (Lipinski definition) is 5. The summed E-state index contributed by atoms with van der Waals surface area (Å²) in [7, 11) is 0. The molecule has 0 aliphatic carbocycles. The molecule has 24 heavy (non-hydrogen) atoms. The molecule has 5 nitrogen and oxygen atoms in total. The van der Waals surface area contributed by atoms with E-state index in [9.17, 15) is 4.79 Å². The lowest BCUT2D eigenvalue weighted by Crippen LogP contribution is -2.54. The SMILES string of the molecule is CC(C)(S)[C@@H](CNC(CO)CO)NC(=O)CCCc1ccccc1. The second kappa shape index (κ2) is 10.7. The van der Waals surface area contributed by atoms with Gasteiger partial charge in [0, 0.05) is 17.7 Å². The minimum atomic E-state index is -0.419. The van der Waals surface area contributed by atoms with Gasteiger partial charge in [0.1, 0.15) is 0 Å². The van der Waals surface area contributed by atoms with Crippen LogP contribution in [0.5, 0.6) is 0 Å². The van der Waals surface area contributed by atoms with E-state index < -0.39 is 10.8 Å². The predicted octanol–water partition coefficient (Wildman–Crippen LogP) is 1.15. The van der Waals surface area contributed by atoms with E-state index in [-0.39, 0.29) is 25.2 Å². The Labute approximate surface area is 150 Å². The zero-order valence-corrected chi connectivity index (χ0v) is 15.4. The van der Waals surface area contributed by atoms with Crippen LogP contribution in [0.15, 0.2) is 30.3 Å². The van der Waals surface area contributed by atoms with Crippen LogP contribution in [0, 0.1) is 0 Å². The molecule has 0 aliphatic rings. The summed E-state index contributed by atoms with van der Waals surface area (Å²) in [5, 5.41) is 24.3. The number of carbonyl (C=O) groups is 1. The van der Waals surface area contributed by atoms with Crippen LogP contribution in [0.25, 0.3) is 0 Å². The number of hydrogen-bond acceptors (Lipinski definition) is 5. The van der Waals surface area contributed by atoms with Crippen LogP contribution in [-0.2, 0) is 11.2 Å². The smallest absolute Gasteiger partial charge is 0.220 e. The van der Waals surface area contributed by atoms with Gasteiger partial charge in [-0.25, -0.2) is 0 Å². The first-order valence-corrected chi connectivity index (χ1v) is 8.82. The lowest BCUT2D eigenvalue weighted by Gasteiger charge is -2.32. The normalized spacial score (nSPS) is 13.1. The van der Waals surface area contributed by atoms with Crippen molar-refractivity contribution in [1.82, 2.24) is 10.6 Å². The molecule has 6 heteroatoms. The van der Waals surface area contributed by atoms with Gasteiger partial charge in [0.15, 0.2) is 0 Å². The van der Waals surface area contributed by atoms with E-state index in [4.69, 9.17) is 10.2 Å². The van der Waals surface area contributed by atoms with Crippen LogP contribution in [0.1, 0.15) is 32.3 Å². The largest absolute Gasteiger partial charge is 0.395 e. The monoisotopic (exact) mass is 354 g/mol. The van der Waals surface area contributed by atoms with Gasteiger partial charge in [-0.05, 0) is 32.3 Å². The highest BCUT2D eigenvalue weighted by Gasteiger charge is 2.27. The number of amides is 1. The third-order valence-electron chi connectivity index (χ3n) is 3.95. The van der Waals surface area contributed by atoms with Gasteiger partial charge in [-0.3, -0.25) is 4.79 Å². The summed E-state index contributed by atoms with van der Waals surface area (Å²) in [5.74, 6) is -0.00981. The van der Waals surface area contributed by atoms with E-state index in [1.165, 1.54) is 5.56 Å². The quantitative estimate of drug-likeness (QED) is 0.386. The van der Waals surface area contributed by atoms with Crippen molar-refractivity contribution >= 4 is 18.5 Å². The van der Waals surface area contributed by atoms with E-state index >= 15 is 0 Å². The second-order valence-electron chi connectivity index (χ2n) is 6.58. The van der Waals surface area contributed by atoms with Gasteiger partial charge in [-0.15, -0.1) is 0 Å². The topological polar surface area (TPSA) is 81.6 Å². The summed E-state index contributed by atoms with van der Waals surface area (Å²) in [6.07, 6.45) is 2.12. The first-order chi connectivity index (χ1) is 11.4. The fourth-order valence-electron chi connectivity index (χ4n) is 2.31. The number of nitrogens with one attached hydrogen (secondary N) is 2. The van der Waals surface area contributed by atoms with Gasteiger partial charge in [-0.2, -0.15) is 12.6 Å². The van der Waals surface area contributed by atoms with Crippen molar-refractivity contribution in [3.8, 4) is 0 Å². The Bertz CT molecular complexity index is 473. The molecule has 136 valence electrons. The maximum atomic E-state index is 12.2. The highest BCUT2D eigenvalue weighted by molar-refractivity contribution is 7.81. The third-order valence-corrected chi connectivity index (χ3v) is 4.26. The highest BCUT2D eigenvalue weighted by Crippen LogP contribution is 2.17. The zero-order valence-electron chi connectivity index (χ0n) is 14.5. The molecule has 0 bridgehead atoms. The average Bonchev–Trinajstić information content (AvgIpc) is 2.54. The molecule has 1 atom stereocenters. The number of thiol groups is 1. The number of carbonyl (C=O) groups excluding carboxylic acids is 1. The lowest BCUT2D eigenvalue weighted by molar-refractivity contribution is -0.122. The van der Waals surface area contributed by atoms with Crippen molar-refractivity contribution in [3.63, 3.8) is 0 Å². The van der Waals surface area contributed by atoms with E-state index in [0.717, 1.165) is 12.8 Å². The van der Waals surface area contributed by atoms with Crippen molar-refractivity contribution < 1.29 is 15.0 Å². The fraction of sp³-hybridized carbons (Fsp3) is 0.611. The molecule has 0 saturated heterocycles. The second-order valence-corrected chi connectivity index (χ2v) is 7.74. The molecule has 0 unspecified atom stereocenters. The molecule has 1 aromatic carbocycles. The number of aryl methyl sites for hydroxylation is 1. The summed E-state index contributed by atoms with van der Waals surface area (Å²) in [6.45, 7) is 3.99. The number of aliphatic hydroxyl groups excluding tert-OH is 2. The predicted molar refractivity (Wildman–Crippen MR) is 100 cm³/mol. The standard InChI is InChI=1S/C18H30N2O3S/c1-18(2,24)16(11-19-15(12-21)13-22)20-17(23)10-6-9-14-7-4-3-5-8-14/h3-5,7-8,15-16,19,21-22,24H,6,9-13H2,1-2H3,(H,20,23)/t16-/m1/s1. The first kappa shape index (κ1) is 21.0.